The first-order chi connectivity index (χ1) is 12.1. The van der Waals surface area contributed by atoms with Gasteiger partial charge in [-0.1, -0.05) is 0 Å². The van der Waals surface area contributed by atoms with Crippen molar-refractivity contribution in [1.82, 2.24) is 24.7 Å². The molecule has 7 heteroatoms. The van der Waals surface area contributed by atoms with Crippen LogP contribution < -0.4 is 5.32 Å². The van der Waals surface area contributed by atoms with Crippen molar-refractivity contribution in [1.29, 1.82) is 0 Å². The fraction of sp³-hybridized carbons (Fsp3) is 0.778. The summed E-state index contributed by atoms with van der Waals surface area (Å²) in [5, 5.41) is 3.36. The van der Waals surface area contributed by atoms with Gasteiger partial charge in [-0.25, -0.2) is 4.98 Å². The van der Waals surface area contributed by atoms with Crippen LogP contribution in [0.4, 0.5) is 0 Å². The zero-order chi connectivity index (χ0) is 17.6. The molecule has 1 atom stereocenters. The number of amides is 1. The average molecular weight is 349 g/mol. The van der Waals surface area contributed by atoms with E-state index in [-0.39, 0.29) is 11.9 Å². The molecule has 1 amide bonds. The molecule has 1 N–H and O–H groups in total. The van der Waals surface area contributed by atoms with E-state index in [1.54, 1.807) is 0 Å². The van der Waals surface area contributed by atoms with Gasteiger partial charge in [-0.05, 0) is 26.9 Å². The minimum atomic E-state index is 0.170. The Hall–Kier alpha value is -1.44. The first kappa shape index (κ1) is 18.4. The van der Waals surface area contributed by atoms with E-state index in [9.17, 15) is 4.79 Å². The number of morpholine rings is 1. The highest BCUT2D eigenvalue weighted by Gasteiger charge is 2.28. The van der Waals surface area contributed by atoms with Crippen LogP contribution in [0, 0.1) is 0 Å². The van der Waals surface area contributed by atoms with Gasteiger partial charge in [0, 0.05) is 63.5 Å². The Kier molecular flexibility index (Phi) is 6.45. The lowest BCUT2D eigenvalue weighted by molar-refractivity contribution is -0.133. The first-order valence-electron chi connectivity index (χ1n) is 9.38. The number of hydrogen-bond acceptors (Lipinski definition) is 5. The summed E-state index contributed by atoms with van der Waals surface area (Å²) in [7, 11) is 4.18. The van der Waals surface area contributed by atoms with E-state index in [0.717, 1.165) is 52.2 Å². The molecule has 3 heterocycles. The largest absolute Gasteiger partial charge is 0.378 e. The highest BCUT2D eigenvalue weighted by molar-refractivity contribution is 5.77. The summed E-state index contributed by atoms with van der Waals surface area (Å²) in [6.07, 6.45) is 6.52. The van der Waals surface area contributed by atoms with Crippen LogP contribution in [-0.4, -0.2) is 84.8 Å². The van der Waals surface area contributed by atoms with Crippen LogP contribution in [0.5, 0.6) is 0 Å². The molecule has 0 aliphatic carbocycles. The molecule has 0 aromatic carbocycles. The fourth-order valence-electron chi connectivity index (χ4n) is 3.66. The number of carbonyl (C=O) groups is 1. The summed E-state index contributed by atoms with van der Waals surface area (Å²) in [5.41, 5.74) is 0. The van der Waals surface area contributed by atoms with Crippen LogP contribution in [0.2, 0.25) is 0 Å². The lowest BCUT2D eigenvalue weighted by Gasteiger charge is -2.33. The Bertz CT molecular complexity index is 545. The first-order valence-corrected chi connectivity index (χ1v) is 9.38. The smallest absolute Gasteiger partial charge is 0.224 e. The van der Waals surface area contributed by atoms with Crippen LogP contribution in [0.1, 0.15) is 31.0 Å². The second kappa shape index (κ2) is 8.78. The minimum absolute atomic E-state index is 0.170. The molecular weight excluding hydrogens is 318 g/mol. The van der Waals surface area contributed by atoms with E-state index in [1.807, 2.05) is 11.1 Å². The predicted octanol–water partition coefficient (Wildman–Crippen LogP) is 0.529. The maximum Gasteiger partial charge on any atom is 0.224 e. The minimum Gasteiger partial charge on any atom is -0.378 e. The fourth-order valence-corrected chi connectivity index (χ4v) is 3.66. The van der Waals surface area contributed by atoms with Crippen molar-refractivity contribution in [3.05, 3.63) is 18.2 Å². The van der Waals surface area contributed by atoms with Crippen molar-refractivity contribution in [2.75, 3.05) is 53.5 Å². The molecule has 2 aliphatic rings. The topological polar surface area (TPSA) is 62.6 Å². The molecule has 1 unspecified atom stereocenters. The van der Waals surface area contributed by atoms with E-state index in [4.69, 9.17) is 4.74 Å². The van der Waals surface area contributed by atoms with Gasteiger partial charge in [0.1, 0.15) is 5.82 Å². The molecule has 140 valence electrons. The van der Waals surface area contributed by atoms with E-state index in [0.29, 0.717) is 18.9 Å². The lowest BCUT2D eigenvalue weighted by atomic mass is 9.95. The third kappa shape index (κ3) is 5.03. The number of ether oxygens (including phenoxy) is 1. The van der Waals surface area contributed by atoms with Gasteiger partial charge in [-0.15, -0.1) is 0 Å². The van der Waals surface area contributed by atoms with Gasteiger partial charge in [0.25, 0.3) is 0 Å². The highest BCUT2D eigenvalue weighted by Crippen LogP contribution is 2.27. The number of aromatic nitrogens is 2. The van der Waals surface area contributed by atoms with Gasteiger partial charge >= 0.3 is 0 Å². The molecule has 25 heavy (non-hydrogen) atoms. The maximum absolute atomic E-state index is 12.5. The summed E-state index contributed by atoms with van der Waals surface area (Å²) in [4.78, 5) is 21.3. The maximum atomic E-state index is 12.5. The van der Waals surface area contributed by atoms with E-state index >= 15 is 0 Å². The van der Waals surface area contributed by atoms with Crippen LogP contribution >= 0.6 is 0 Å². The number of nitrogens with zero attached hydrogens (tertiary/aromatic N) is 4. The van der Waals surface area contributed by atoms with Crippen LogP contribution in [0.3, 0.4) is 0 Å². The zero-order valence-electron chi connectivity index (χ0n) is 15.5. The normalized spacial score (nSPS) is 22.5. The van der Waals surface area contributed by atoms with Crippen molar-refractivity contribution in [2.45, 2.75) is 37.8 Å². The number of hydrogen-bond donors (Lipinski definition) is 1. The monoisotopic (exact) mass is 349 g/mol. The number of likely N-dealkylation sites (N-methyl/N-ethyl adjacent to an activating group) is 1. The summed E-state index contributed by atoms with van der Waals surface area (Å²) in [5.74, 6) is 1.88. The zero-order valence-corrected chi connectivity index (χ0v) is 15.5. The standard InChI is InChI=1S/C18H31N5O2/c1-21(2)10-11-23-9-5-20-18(23)15-3-7-22(8-4-15)17(24)13-16-14-25-12-6-19-16/h5,9,15-16,19H,3-4,6-8,10-14H2,1-2H3. The number of imidazole rings is 1. The number of nitrogens with one attached hydrogen (secondary N) is 1. The Balaban J connectivity index is 1.48. The Labute approximate surface area is 150 Å². The third-order valence-electron chi connectivity index (χ3n) is 5.17. The highest BCUT2D eigenvalue weighted by atomic mass is 16.5. The van der Waals surface area contributed by atoms with E-state index < -0.39 is 0 Å². The number of piperidine rings is 1. The second-order valence-electron chi connectivity index (χ2n) is 7.37. The Morgan fingerprint density at radius 1 is 1.40 bits per heavy atom. The lowest BCUT2D eigenvalue weighted by Crippen LogP contribution is -2.46. The Morgan fingerprint density at radius 2 is 2.20 bits per heavy atom. The number of rotatable bonds is 6. The van der Waals surface area contributed by atoms with Gasteiger partial charge in [-0.3, -0.25) is 4.79 Å². The molecular formula is C18H31N5O2. The molecule has 3 rings (SSSR count). The summed E-state index contributed by atoms with van der Waals surface area (Å²) >= 11 is 0. The van der Waals surface area contributed by atoms with Crippen molar-refractivity contribution in [3.63, 3.8) is 0 Å². The van der Waals surface area contributed by atoms with E-state index in [1.165, 1.54) is 5.82 Å². The van der Waals surface area contributed by atoms with E-state index in [2.05, 4.69) is 40.1 Å². The van der Waals surface area contributed by atoms with Gasteiger partial charge in [0.15, 0.2) is 0 Å². The van der Waals surface area contributed by atoms with Crippen molar-refractivity contribution in [3.8, 4) is 0 Å². The van der Waals surface area contributed by atoms with Gasteiger partial charge in [0.05, 0.1) is 13.2 Å². The third-order valence-corrected chi connectivity index (χ3v) is 5.17. The SMILES string of the molecule is CN(C)CCn1ccnc1C1CCN(C(=O)CC2COCCN2)CC1. The number of likely N-dealkylation sites (tertiary alicyclic amines) is 1. The van der Waals surface area contributed by atoms with Gasteiger partial charge < -0.3 is 24.4 Å². The molecule has 1 aromatic heterocycles. The average Bonchev–Trinajstić information content (AvgIpc) is 3.09. The summed E-state index contributed by atoms with van der Waals surface area (Å²) in [6, 6.07) is 0.170. The predicted molar refractivity (Wildman–Crippen MR) is 96.6 cm³/mol. The molecule has 0 spiro atoms. The molecule has 0 radical (unpaired) electrons. The van der Waals surface area contributed by atoms with Crippen molar-refractivity contribution in [2.24, 2.45) is 0 Å². The van der Waals surface area contributed by atoms with Gasteiger partial charge in [0.2, 0.25) is 5.91 Å². The molecule has 0 saturated carbocycles. The van der Waals surface area contributed by atoms with Crippen LogP contribution in [-0.2, 0) is 16.1 Å². The Morgan fingerprint density at radius 3 is 2.88 bits per heavy atom. The molecule has 2 fully saturated rings. The molecule has 0 bridgehead atoms. The van der Waals surface area contributed by atoms with Crippen LogP contribution in [0.15, 0.2) is 12.4 Å². The molecule has 7 nitrogen and oxygen atoms in total. The van der Waals surface area contributed by atoms with Crippen LogP contribution in [0.25, 0.3) is 0 Å². The second-order valence-corrected chi connectivity index (χ2v) is 7.37. The van der Waals surface area contributed by atoms with Crippen molar-refractivity contribution < 1.29 is 9.53 Å². The quantitative estimate of drug-likeness (QED) is 0.812. The van der Waals surface area contributed by atoms with Gasteiger partial charge in [-0.2, -0.15) is 0 Å². The summed E-state index contributed by atoms with van der Waals surface area (Å²) in [6.45, 7) is 5.87. The van der Waals surface area contributed by atoms with Crippen molar-refractivity contribution >= 4 is 5.91 Å². The molecule has 2 aliphatic heterocycles. The molecule has 1 aromatic rings. The summed E-state index contributed by atoms with van der Waals surface area (Å²) < 4.78 is 7.71. The number of carbonyl (C=O) groups excluding carboxylic acids is 1. The molecule has 2 saturated heterocycles.